The number of hydrogen-bond acceptors (Lipinski definition) is 3. The first kappa shape index (κ1) is 20.3. The van der Waals surface area contributed by atoms with Crippen molar-refractivity contribution in [3.05, 3.63) is 0 Å². The highest BCUT2D eigenvalue weighted by Crippen LogP contribution is 1.95. The van der Waals surface area contributed by atoms with Gasteiger partial charge >= 0.3 is 0 Å². The lowest BCUT2D eigenvalue weighted by Crippen LogP contribution is -2.42. The zero-order valence-corrected chi connectivity index (χ0v) is 14.8. The second-order valence-electron chi connectivity index (χ2n) is 4.22. The molecule has 1 unspecified atom stereocenters. The summed E-state index contributed by atoms with van der Waals surface area (Å²) in [5.74, 6) is 0.962. The van der Waals surface area contributed by atoms with Crippen LogP contribution in [0.3, 0.4) is 0 Å². The van der Waals surface area contributed by atoms with Gasteiger partial charge in [-0.1, -0.05) is 6.92 Å². The van der Waals surface area contributed by atoms with Crippen molar-refractivity contribution in [2.45, 2.75) is 39.7 Å². The van der Waals surface area contributed by atoms with Crippen molar-refractivity contribution in [2.24, 2.45) is 4.99 Å². The van der Waals surface area contributed by atoms with E-state index in [4.69, 9.17) is 0 Å². The summed E-state index contributed by atoms with van der Waals surface area (Å²) in [4.78, 5) is 4.36. The normalized spacial score (nSPS) is 13.7. The van der Waals surface area contributed by atoms with Gasteiger partial charge in [0.25, 0.3) is 0 Å². The van der Waals surface area contributed by atoms with Crippen molar-refractivity contribution in [3.8, 4) is 0 Å². The van der Waals surface area contributed by atoms with Crippen LogP contribution < -0.4 is 10.6 Å². The van der Waals surface area contributed by atoms with E-state index in [0.29, 0.717) is 6.42 Å². The van der Waals surface area contributed by atoms with Gasteiger partial charge in [0.15, 0.2) is 5.96 Å². The fourth-order valence-corrected chi connectivity index (χ4v) is 2.02. The van der Waals surface area contributed by atoms with Crippen molar-refractivity contribution in [3.63, 3.8) is 0 Å². The molecule has 1 atom stereocenters. The first-order valence-electron chi connectivity index (χ1n) is 6.11. The van der Waals surface area contributed by atoms with Gasteiger partial charge in [-0.05, 0) is 26.7 Å². The van der Waals surface area contributed by atoms with E-state index in [2.05, 4.69) is 22.5 Å². The molecule has 0 spiro atoms. The molecular weight excluding hydrogens is 365 g/mol. The Balaban J connectivity index is 0. The SMILES string of the molecule is CCCN=C(NCC)NC(C)CCS(C)(=O)=O.I. The fourth-order valence-electron chi connectivity index (χ4n) is 1.24. The van der Waals surface area contributed by atoms with E-state index in [1.165, 1.54) is 6.26 Å². The summed E-state index contributed by atoms with van der Waals surface area (Å²) in [5, 5.41) is 6.33. The van der Waals surface area contributed by atoms with Crippen LogP contribution in [0.25, 0.3) is 0 Å². The number of sulfone groups is 1. The molecule has 0 aliphatic rings. The Morgan fingerprint density at radius 1 is 1.33 bits per heavy atom. The number of nitrogens with zero attached hydrogens (tertiary/aromatic N) is 1. The van der Waals surface area contributed by atoms with Crippen molar-refractivity contribution in [2.75, 3.05) is 25.1 Å². The van der Waals surface area contributed by atoms with Gasteiger partial charge in [-0.25, -0.2) is 8.42 Å². The van der Waals surface area contributed by atoms with Crippen molar-refractivity contribution >= 4 is 39.8 Å². The largest absolute Gasteiger partial charge is 0.357 e. The van der Waals surface area contributed by atoms with Crippen LogP contribution in [-0.2, 0) is 9.84 Å². The molecule has 0 heterocycles. The Hall–Kier alpha value is -0.0500. The van der Waals surface area contributed by atoms with E-state index in [0.717, 1.165) is 25.5 Å². The van der Waals surface area contributed by atoms with E-state index < -0.39 is 9.84 Å². The minimum atomic E-state index is -2.88. The predicted octanol–water partition coefficient (Wildman–Crippen LogP) is 1.39. The fraction of sp³-hybridized carbons (Fsp3) is 0.909. The third-order valence-electron chi connectivity index (χ3n) is 2.14. The Morgan fingerprint density at radius 2 is 1.94 bits per heavy atom. The summed E-state index contributed by atoms with van der Waals surface area (Å²) in [6.07, 6.45) is 2.85. The lowest BCUT2D eigenvalue weighted by molar-refractivity contribution is 0.581. The van der Waals surface area contributed by atoms with Gasteiger partial charge in [0.1, 0.15) is 9.84 Å². The van der Waals surface area contributed by atoms with Gasteiger partial charge in [-0.15, -0.1) is 24.0 Å². The highest BCUT2D eigenvalue weighted by Gasteiger charge is 2.09. The molecule has 110 valence electrons. The summed E-state index contributed by atoms with van der Waals surface area (Å²) in [6.45, 7) is 7.61. The van der Waals surface area contributed by atoms with Crippen molar-refractivity contribution in [1.29, 1.82) is 0 Å². The monoisotopic (exact) mass is 391 g/mol. The number of nitrogens with one attached hydrogen (secondary N) is 2. The quantitative estimate of drug-likeness (QED) is 0.391. The first-order chi connectivity index (χ1) is 7.89. The molecule has 0 aromatic heterocycles. The zero-order valence-electron chi connectivity index (χ0n) is 11.7. The van der Waals surface area contributed by atoms with Gasteiger partial charge < -0.3 is 10.6 Å². The number of hydrogen-bond donors (Lipinski definition) is 2. The van der Waals surface area contributed by atoms with Crippen molar-refractivity contribution in [1.82, 2.24) is 10.6 Å². The standard InChI is InChI=1S/C11H25N3O2S.HI/c1-5-8-13-11(12-6-2)14-10(3)7-9-17(4,15)16;/h10H,5-9H2,1-4H3,(H2,12,13,14);1H. The van der Waals surface area contributed by atoms with Crippen LogP contribution in [0, 0.1) is 0 Å². The minimum absolute atomic E-state index is 0. The molecule has 18 heavy (non-hydrogen) atoms. The van der Waals surface area contributed by atoms with E-state index in [1.54, 1.807) is 0 Å². The third-order valence-corrected chi connectivity index (χ3v) is 3.12. The lowest BCUT2D eigenvalue weighted by Gasteiger charge is -2.17. The molecule has 0 radical (unpaired) electrons. The van der Waals surface area contributed by atoms with E-state index in [9.17, 15) is 8.42 Å². The van der Waals surface area contributed by atoms with Crippen LogP contribution in [0.15, 0.2) is 4.99 Å². The van der Waals surface area contributed by atoms with E-state index >= 15 is 0 Å². The molecule has 0 aliphatic heterocycles. The number of halogens is 1. The average molecular weight is 391 g/mol. The van der Waals surface area contributed by atoms with Gasteiger partial charge in [-0.3, -0.25) is 4.99 Å². The molecule has 0 rings (SSSR count). The van der Waals surface area contributed by atoms with Crippen LogP contribution in [0.1, 0.15) is 33.6 Å². The van der Waals surface area contributed by atoms with E-state index in [-0.39, 0.29) is 35.8 Å². The number of aliphatic imine (C=N–C) groups is 1. The Labute approximate surface area is 128 Å². The predicted molar refractivity (Wildman–Crippen MR) is 88.6 cm³/mol. The average Bonchev–Trinajstić information content (AvgIpc) is 2.22. The van der Waals surface area contributed by atoms with Gasteiger partial charge in [0.05, 0.1) is 5.75 Å². The van der Waals surface area contributed by atoms with Gasteiger partial charge in [0, 0.05) is 25.4 Å². The lowest BCUT2D eigenvalue weighted by atomic mass is 10.3. The van der Waals surface area contributed by atoms with Crippen LogP contribution >= 0.6 is 24.0 Å². The minimum Gasteiger partial charge on any atom is -0.357 e. The third kappa shape index (κ3) is 12.4. The Morgan fingerprint density at radius 3 is 2.39 bits per heavy atom. The molecule has 7 heteroatoms. The highest BCUT2D eigenvalue weighted by molar-refractivity contribution is 14.0. The van der Waals surface area contributed by atoms with Crippen LogP contribution in [0.4, 0.5) is 0 Å². The first-order valence-corrected chi connectivity index (χ1v) is 8.17. The Kier molecular flexibility index (Phi) is 12.2. The number of guanidine groups is 1. The molecule has 0 bridgehead atoms. The molecule has 0 aromatic carbocycles. The molecule has 0 saturated carbocycles. The molecule has 0 fully saturated rings. The smallest absolute Gasteiger partial charge is 0.191 e. The molecule has 0 saturated heterocycles. The maximum atomic E-state index is 11.0. The Bertz CT molecular complexity index is 331. The number of rotatable bonds is 7. The summed E-state index contributed by atoms with van der Waals surface area (Å²) in [7, 11) is -2.88. The summed E-state index contributed by atoms with van der Waals surface area (Å²) >= 11 is 0. The van der Waals surface area contributed by atoms with Gasteiger partial charge in [-0.2, -0.15) is 0 Å². The maximum Gasteiger partial charge on any atom is 0.191 e. The highest BCUT2D eigenvalue weighted by atomic mass is 127. The maximum absolute atomic E-state index is 11.0. The molecule has 0 amide bonds. The summed E-state index contributed by atoms with van der Waals surface area (Å²) in [6, 6.07) is 0.0966. The summed E-state index contributed by atoms with van der Waals surface area (Å²) in [5.41, 5.74) is 0. The molecule has 0 aliphatic carbocycles. The summed E-state index contributed by atoms with van der Waals surface area (Å²) < 4.78 is 22.1. The molecule has 5 nitrogen and oxygen atoms in total. The molecule has 0 aromatic rings. The van der Waals surface area contributed by atoms with Crippen LogP contribution in [0.2, 0.25) is 0 Å². The topological polar surface area (TPSA) is 70.6 Å². The van der Waals surface area contributed by atoms with Gasteiger partial charge in [0.2, 0.25) is 0 Å². The molecule has 2 N–H and O–H groups in total. The second-order valence-corrected chi connectivity index (χ2v) is 6.48. The molecular formula is C11H26IN3O2S. The van der Waals surface area contributed by atoms with Crippen molar-refractivity contribution < 1.29 is 8.42 Å². The van der Waals surface area contributed by atoms with E-state index in [1.807, 2.05) is 13.8 Å². The van der Waals surface area contributed by atoms with Crippen LogP contribution in [-0.4, -0.2) is 45.5 Å². The zero-order chi connectivity index (χ0) is 13.3. The second kappa shape index (κ2) is 10.8. The van der Waals surface area contributed by atoms with Crippen LogP contribution in [0.5, 0.6) is 0 Å².